The molecular weight excluding hydrogens is 368 g/mol. The second-order valence-electron chi connectivity index (χ2n) is 9.76. The van der Waals surface area contributed by atoms with Crippen LogP contribution in [0.25, 0.3) is 6.08 Å². The van der Waals surface area contributed by atoms with Crippen molar-refractivity contribution in [3.63, 3.8) is 0 Å². The zero-order valence-corrected chi connectivity index (χ0v) is 21.1. The van der Waals surface area contributed by atoms with Gasteiger partial charge in [-0.1, -0.05) is 95.7 Å². The second kappa shape index (κ2) is 9.73. The summed E-state index contributed by atoms with van der Waals surface area (Å²) in [6.07, 6.45) is 17.8. The monoisotopic (exact) mass is 412 g/mol. The predicted molar refractivity (Wildman–Crippen MR) is 137 cm³/mol. The van der Waals surface area contributed by atoms with E-state index < -0.39 is 10.0 Å². The van der Waals surface area contributed by atoms with E-state index >= 15 is 0 Å². The van der Waals surface area contributed by atoms with E-state index in [0.717, 1.165) is 6.42 Å². The summed E-state index contributed by atoms with van der Waals surface area (Å²) in [5.74, 6) is 3.87. The van der Waals surface area contributed by atoms with Crippen molar-refractivity contribution in [1.82, 2.24) is 0 Å². The minimum atomic E-state index is -0.557. The van der Waals surface area contributed by atoms with Crippen molar-refractivity contribution in [1.29, 1.82) is 0 Å². The van der Waals surface area contributed by atoms with Gasteiger partial charge in [-0.25, -0.2) is 10.0 Å². The van der Waals surface area contributed by atoms with Crippen LogP contribution >= 0.6 is 10.0 Å². The quantitative estimate of drug-likeness (QED) is 0.380. The van der Waals surface area contributed by atoms with Crippen molar-refractivity contribution < 1.29 is 0 Å². The predicted octanol–water partition coefficient (Wildman–Crippen LogP) is 8.66. The van der Waals surface area contributed by atoms with E-state index in [-0.39, 0.29) is 10.8 Å². The summed E-state index contributed by atoms with van der Waals surface area (Å²) in [6.45, 7) is 16.4. The van der Waals surface area contributed by atoms with E-state index in [2.05, 4.69) is 103 Å². The van der Waals surface area contributed by atoms with Gasteiger partial charge >= 0.3 is 0 Å². The molecule has 0 spiro atoms. The van der Waals surface area contributed by atoms with Crippen LogP contribution in [0.15, 0.2) is 48.1 Å². The van der Waals surface area contributed by atoms with Crippen LogP contribution in [0.4, 0.5) is 0 Å². The van der Waals surface area contributed by atoms with Crippen LogP contribution in [0.1, 0.15) is 84.4 Å². The average Bonchev–Trinajstić information content (AvgIpc) is 2.74. The van der Waals surface area contributed by atoms with Gasteiger partial charge in [0.25, 0.3) is 0 Å². The molecule has 1 unspecified atom stereocenters. The molecule has 0 radical (unpaired) electrons. The van der Waals surface area contributed by atoms with Crippen molar-refractivity contribution >= 4 is 16.1 Å². The standard InChI is InChI=1S/C28H44S/c1-9-28(7,10-2)26-20-24(15-18-27(6)16-13-23(5)14-17-27)19-25(21-26)22-29(8,11-3)12-4/h13-16,18-21H,9-12,17,22H2,1-8H3/b18-15+. The van der Waals surface area contributed by atoms with Gasteiger partial charge in [0.2, 0.25) is 0 Å². The summed E-state index contributed by atoms with van der Waals surface area (Å²) in [5, 5.41) is 0. The fourth-order valence-corrected chi connectivity index (χ4v) is 5.75. The van der Waals surface area contributed by atoms with Crippen molar-refractivity contribution in [3.05, 3.63) is 64.8 Å². The molecule has 0 aliphatic heterocycles. The molecule has 0 heterocycles. The lowest BCUT2D eigenvalue weighted by molar-refractivity contribution is 0.438. The molecule has 1 aromatic carbocycles. The summed E-state index contributed by atoms with van der Waals surface area (Å²) in [4.78, 5) is 0. The first kappa shape index (κ1) is 24.1. The first-order valence-electron chi connectivity index (χ1n) is 11.5. The molecule has 162 valence electrons. The first-order valence-corrected chi connectivity index (χ1v) is 14.1. The molecule has 0 amide bonds. The van der Waals surface area contributed by atoms with E-state index in [9.17, 15) is 0 Å². The molecule has 1 aliphatic rings. The molecule has 1 aromatic rings. The smallest absolute Gasteiger partial charge is 0.00738 e. The number of hydrogen-bond donors (Lipinski definition) is 0. The lowest BCUT2D eigenvalue weighted by Gasteiger charge is -2.35. The Kier molecular flexibility index (Phi) is 8.08. The largest absolute Gasteiger partial charge is 0.240 e. The van der Waals surface area contributed by atoms with Crippen LogP contribution in [0, 0.1) is 5.41 Å². The van der Waals surface area contributed by atoms with Gasteiger partial charge in [0.05, 0.1) is 0 Å². The van der Waals surface area contributed by atoms with Crippen LogP contribution in [-0.4, -0.2) is 17.8 Å². The van der Waals surface area contributed by atoms with Crippen LogP contribution in [0.5, 0.6) is 0 Å². The molecule has 0 saturated carbocycles. The van der Waals surface area contributed by atoms with Crippen LogP contribution < -0.4 is 0 Å². The Bertz CT molecular complexity index is 772. The molecule has 2 rings (SSSR count). The highest BCUT2D eigenvalue weighted by Gasteiger charge is 2.24. The van der Waals surface area contributed by atoms with Gasteiger partial charge in [-0.3, -0.25) is 0 Å². The van der Waals surface area contributed by atoms with Crippen LogP contribution in [0.3, 0.4) is 0 Å². The fraction of sp³-hybridized carbons (Fsp3) is 0.571. The Labute approximate surface area is 182 Å². The normalized spacial score (nSPS) is 20.9. The lowest BCUT2D eigenvalue weighted by Crippen LogP contribution is -2.20. The topological polar surface area (TPSA) is 0 Å². The molecule has 1 atom stereocenters. The third kappa shape index (κ3) is 6.14. The van der Waals surface area contributed by atoms with Crippen molar-refractivity contribution in [3.8, 4) is 0 Å². The molecule has 0 N–H and O–H groups in total. The Balaban J connectivity index is 2.44. The zero-order chi connectivity index (χ0) is 21.7. The lowest BCUT2D eigenvalue weighted by atomic mass is 9.76. The molecule has 0 bridgehead atoms. The number of hydrogen-bond acceptors (Lipinski definition) is 0. The Morgan fingerprint density at radius 3 is 2.24 bits per heavy atom. The highest BCUT2D eigenvalue weighted by Crippen LogP contribution is 2.47. The molecular formula is C28H44S. The summed E-state index contributed by atoms with van der Waals surface area (Å²) in [6, 6.07) is 7.43. The maximum Gasteiger partial charge on any atom is 0.00738 e. The van der Waals surface area contributed by atoms with Gasteiger partial charge in [0, 0.05) is 11.2 Å². The highest BCUT2D eigenvalue weighted by molar-refractivity contribution is 8.32. The Hall–Kier alpha value is -1.21. The average molecular weight is 413 g/mol. The van der Waals surface area contributed by atoms with Crippen molar-refractivity contribution in [2.75, 3.05) is 17.8 Å². The SMILES string of the molecule is CCC(C)(CC)c1cc(/C=C/C2(C)C=CC(C)=CC2)cc(CS(C)(CC)CC)c1. The molecule has 1 aliphatic carbocycles. The third-order valence-corrected chi connectivity index (χ3v) is 11.2. The summed E-state index contributed by atoms with van der Waals surface area (Å²) in [5.41, 5.74) is 6.20. The molecule has 0 aromatic heterocycles. The third-order valence-electron chi connectivity index (χ3n) is 7.43. The summed E-state index contributed by atoms with van der Waals surface area (Å²) < 4.78 is 0. The van der Waals surface area contributed by atoms with E-state index in [1.165, 1.54) is 52.4 Å². The van der Waals surface area contributed by atoms with Gasteiger partial charge < -0.3 is 0 Å². The molecule has 0 fully saturated rings. The molecule has 29 heavy (non-hydrogen) atoms. The maximum atomic E-state index is 2.52. The van der Waals surface area contributed by atoms with Gasteiger partial charge in [0.1, 0.15) is 0 Å². The number of rotatable bonds is 9. The van der Waals surface area contributed by atoms with Gasteiger partial charge in [-0.05, 0) is 66.1 Å². The highest BCUT2D eigenvalue weighted by atomic mass is 32.3. The minimum Gasteiger partial charge on any atom is -0.240 e. The Morgan fingerprint density at radius 1 is 1.07 bits per heavy atom. The van der Waals surface area contributed by atoms with E-state index in [4.69, 9.17) is 0 Å². The van der Waals surface area contributed by atoms with E-state index in [1.807, 2.05) is 0 Å². The van der Waals surface area contributed by atoms with Gasteiger partial charge in [-0.15, -0.1) is 0 Å². The van der Waals surface area contributed by atoms with E-state index in [0.29, 0.717) is 0 Å². The molecule has 1 heteroatoms. The first-order chi connectivity index (χ1) is 13.6. The number of benzene rings is 1. The zero-order valence-electron chi connectivity index (χ0n) is 20.3. The van der Waals surface area contributed by atoms with Crippen molar-refractivity contribution in [2.24, 2.45) is 5.41 Å². The van der Waals surface area contributed by atoms with Gasteiger partial charge in [-0.2, -0.15) is 0 Å². The molecule has 0 saturated heterocycles. The van der Waals surface area contributed by atoms with E-state index in [1.54, 1.807) is 0 Å². The Morgan fingerprint density at radius 2 is 1.72 bits per heavy atom. The minimum absolute atomic E-state index is 0.126. The van der Waals surface area contributed by atoms with Crippen molar-refractivity contribution in [2.45, 2.75) is 78.9 Å². The van der Waals surface area contributed by atoms with Crippen LogP contribution in [-0.2, 0) is 11.2 Å². The molecule has 0 nitrogen and oxygen atoms in total. The second-order valence-corrected chi connectivity index (χ2v) is 14.2. The number of allylic oxidation sites excluding steroid dienone is 5. The van der Waals surface area contributed by atoms with Crippen LogP contribution in [0.2, 0.25) is 0 Å². The maximum absolute atomic E-state index is 2.52. The summed E-state index contributed by atoms with van der Waals surface area (Å²) in [7, 11) is -0.557. The fourth-order valence-electron chi connectivity index (χ4n) is 3.96. The van der Waals surface area contributed by atoms with Gasteiger partial charge in [0.15, 0.2) is 0 Å². The summed E-state index contributed by atoms with van der Waals surface area (Å²) >= 11 is 0.